The minimum atomic E-state index is -0.252. The third kappa shape index (κ3) is 3.89. The van der Waals surface area contributed by atoms with Crippen molar-refractivity contribution in [2.24, 2.45) is 0 Å². The molecule has 1 heterocycles. The van der Waals surface area contributed by atoms with Crippen molar-refractivity contribution in [3.05, 3.63) is 24.3 Å². The fourth-order valence-electron chi connectivity index (χ4n) is 2.45. The van der Waals surface area contributed by atoms with Crippen LogP contribution in [0, 0.1) is 0 Å². The Morgan fingerprint density at radius 1 is 1.40 bits per heavy atom. The molecule has 1 unspecified atom stereocenters. The van der Waals surface area contributed by atoms with Gasteiger partial charge >= 0.3 is 6.09 Å². The van der Waals surface area contributed by atoms with Gasteiger partial charge in [-0.25, -0.2) is 4.79 Å². The van der Waals surface area contributed by atoms with Gasteiger partial charge in [0, 0.05) is 17.4 Å². The fraction of sp³-hybridized carbons (Fsp3) is 0.562. The monoisotopic (exact) mass is 276 g/mol. The lowest BCUT2D eigenvalue weighted by Gasteiger charge is -2.18. The van der Waals surface area contributed by atoms with Gasteiger partial charge in [0.1, 0.15) is 6.61 Å². The Labute approximate surface area is 121 Å². The molecular weight excluding hydrogens is 252 g/mol. The van der Waals surface area contributed by atoms with E-state index in [-0.39, 0.29) is 6.09 Å². The number of nitrogens with one attached hydrogen (secondary N) is 1. The first-order valence-corrected chi connectivity index (χ1v) is 7.51. The number of carbonyl (C=O) groups is 1. The second kappa shape index (κ2) is 7.17. The van der Waals surface area contributed by atoms with E-state index in [2.05, 4.69) is 19.2 Å². The molecule has 2 rings (SSSR count). The molecule has 0 aromatic heterocycles. The summed E-state index contributed by atoms with van der Waals surface area (Å²) in [6.07, 6.45) is 4.70. The SMILES string of the molecule is CCCCCC(C)Nc1cccc(N2CCOC2=O)c1. The number of carbonyl (C=O) groups excluding carboxylic acids is 1. The lowest BCUT2D eigenvalue weighted by atomic mass is 10.1. The van der Waals surface area contributed by atoms with E-state index >= 15 is 0 Å². The van der Waals surface area contributed by atoms with E-state index in [0.717, 1.165) is 11.4 Å². The van der Waals surface area contributed by atoms with Crippen molar-refractivity contribution in [3.8, 4) is 0 Å². The standard InChI is InChI=1S/C16H24N2O2/c1-3-4-5-7-13(2)17-14-8-6-9-15(12-14)18-10-11-20-16(18)19/h6,8-9,12-13,17H,3-5,7,10-11H2,1-2H3. The van der Waals surface area contributed by atoms with Crippen LogP contribution in [-0.2, 0) is 4.74 Å². The second-order valence-electron chi connectivity index (χ2n) is 5.36. The Hall–Kier alpha value is -1.71. The van der Waals surface area contributed by atoms with Crippen molar-refractivity contribution in [3.63, 3.8) is 0 Å². The average Bonchev–Trinajstić information content (AvgIpc) is 2.85. The number of hydrogen-bond acceptors (Lipinski definition) is 3. The van der Waals surface area contributed by atoms with Gasteiger partial charge < -0.3 is 10.1 Å². The molecule has 4 nitrogen and oxygen atoms in total. The highest BCUT2D eigenvalue weighted by Gasteiger charge is 2.23. The molecule has 1 amide bonds. The zero-order valence-corrected chi connectivity index (χ0v) is 12.4. The van der Waals surface area contributed by atoms with Crippen LogP contribution in [0.3, 0.4) is 0 Å². The van der Waals surface area contributed by atoms with Crippen molar-refractivity contribution in [2.75, 3.05) is 23.4 Å². The fourth-order valence-corrected chi connectivity index (χ4v) is 2.45. The summed E-state index contributed by atoms with van der Waals surface area (Å²) >= 11 is 0. The highest BCUT2D eigenvalue weighted by Crippen LogP contribution is 2.23. The van der Waals surface area contributed by atoms with Crippen LogP contribution in [0.25, 0.3) is 0 Å². The highest BCUT2D eigenvalue weighted by molar-refractivity contribution is 5.89. The molecule has 1 fully saturated rings. The number of cyclic esters (lactones) is 1. The van der Waals surface area contributed by atoms with Gasteiger partial charge in [-0.15, -0.1) is 0 Å². The summed E-state index contributed by atoms with van der Waals surface area (Å²) in [5.74, 6) is 0. The van der Waals surface area contributed by atoms with E-state index in [1.54, 1.807) is 4.90 Å². The summed E-state index contributed by atoms with van der Waals surface area (Å²) in [5.41, 5.74) is 1.96. The number of benzene rings is 1. The number of amides is 1. The molecule has 1 aliphatic heterocycles. The molecule has 0 bridgehead atoms. The molecule has 20 heavy (non-hydrogen) atoms. The first-order valence-electron chi connectivity index (χ1n) is 7.51. The summed E-state index contributed by atoms with van der Waals surface area (Å²) in [6, 6.07) is 8.42. The zero-order chi connectivity index (χ0) is 14.4. The molecule has 0 aliphatic carbocycles. The minimum Gasteiger partial charge on any atom is -0.447 e. The number of rotatable bonds is 7. The summed E-state index contributed by atoms with van der Waals surface area (Å²) in [7, 11) is 0. The molecule has 1 atom stereocenters. The van der Waals surface area contributed by atoms with Crippen molar-refractivity contribution >= 4 is 17.5 Å². The van der Waals surface area contributed by atoms with Crippen LogP contribution in [0.2, 0.25) is 0 Å². The van der Waals surface area contributed by atoms with Gasteiger partial charge in [-0.1, -0.05) is 32.3 Å². The van der Waals surface area contributed by atoms with Crippen molar-refractivity contribution in [2.45, 2.75) is 45.6 Å². The Morgan fingerprint density at radius 2 is 2.25 bits per heavy atom. The number of unbranched alkanes of at least 4 members (excludes halogenated alkanes) is 2. The summed E-state index contributed by atoms with van der Waals surface area (Å²) in [4.78, 5) is 13.2. The molecule has 4 heteroatoms. The lowest BCUT2D eigenvalue weighted by molar-refractivity contribution is 0.181. The minimum absolute atomic E-state index is 0.252. The van der Waals surface area contributed by atoms with Gasteiger partial charge in [-0.2, -0.15) is 0 Å². The Bertz CT molecular complexity index is 448. The van der Waals surface area contributed by atoms with Gasteiger partial charge in [-0.3, -0.25) is 4.90 Å². The van der Waals surface area contributed by atoms with Crippen LogP contribution in [0.4, 0.5) is 16.2 Å². The topological polar surface area (TPSA) is 41.6 Å². The predicted octanol–water partition coefficient (Wildman–Crippen LogP) is 4.02. The molecule has 0 radical (unpaired) electrons. The zero-order valence-electron chi connectivity index (χ0n) is 12.4. The maximum absolute atomic E-state index is 11.6. The Kier molecular flexibility index (Phi) is 5.27. The third-order valence-electron chi connectivity index (χ3n) is 3.57. The van der Waals surface area contributed by atoms with E-state index in [9.17, 15) is 4.79 Å². The van der Waals surface area contributed by atoms with Crippen molar-refractivity contribution in [1.29, 1.82) is 0 Å². The van der Waals surface area contributed by atoms with E-state index < -0.39 is 0 Å². The van der Waals surface area contributed by atoms with Crippen molar-refractivity contribution < 1.29 is 9.53 Å². The number of anilines is 2. The first-order chi connectivity index (χ1) is 9.70. The molecule has 0 saturated carbocycles. The number of nitrogens with zero attached hydrogens (tertiary/aromatic N) is 1. The molecular formula is C16H24N2O2. The van der Waals surface area contributed by atoms with E-state index in [1.807, 2.05) is 24.3 Å². The van der Waals surface area contributed by atoms with Crippen LogP contribution >= 0.6 is 0 Å². The van der Waals surface area contributed by atoms with E-state index in [1.165, 1.54) is 25.7 Å². The molecule has 110 valence electrons. The van der Waals surface area contributed by atoms with Crippen LogP contribution in [0.5, 0.6) is 0 Å². The van der Waals surface area contributed by atoms with Crippen LogP contribution in [0.15, 0.2) is 24.3 Å². The molecule has 1 N–H and O–H groups in total. The summed E-state index contributed by atoms with van der Waals surface area (Å²) < 4.78 is 4.97. The van der Waals surface area contributed by atoms with E-state index in [4.69, 9.17) is 4.74 Å². The summed E-state index contributed by atoms with van der Waals surface area (Å²) in [6.45, 7) is 5.53. The normalized spacial score (nSPS) is 16.1. The second-order valence-corrected chi connectivity index (χ2v) is 5.36. The maximum atomic E-state index is 11.6. The number of ether oxygens (including phenoxy) is 1. The van der Waals surface area contributed by atoms with Crippen molar-refractivity contribution in [1.82, 2.24) is 0 Å². The van der Waals surface area contributed by atoms with Gasteiger partial charge in [0.25, 0.3) is 0 Å². The molecule has 0 spiro atoms. The first kappa shape index (κ1) is 14.7. The highest BCUT2D eigenvalue weighted by atomic mass is 16.6. The van der Waals surface area contributed by atoms with Gasteiger partial charge in [0.2, 0.25) is 0 Å². The van der Waals surface area contributed by atoms with Gasteiger partial charge in [0.05, 0.1) is 6.54 Å². The predicted molar refractivity (Wildman–Crippen MR) is 82.4 cm³/mol. The lowest BCUT2D eigenvalue weighted by Crippen LogP contribution is -2.23. The quantitative estimate of drug-likeness (QED) is 0.765. The van der Waals surface area contributed by atoms with Gasteiger partial charge in [-0.05, 0) is 31.5 Å². The maximum Gasteiger partial charge on any atom is 0.414 e. The third-order valence-corrected chi connectivity index (χ3v) is 3.57. The Morgan fingerprint density at radius 3 is 2.95 bits per heavy atom. The number of hydrogen-bond donors (Lipinski definition) is 1. The molecule has 1 aromatic rings. The molecule has 1 aromatic carbocycles. The largest absolute Gasteiger partial charge is 0.447 e. The Balaban J connectivity index is 1.94. The van der Waals surface area contributed by atoms with E-state index in [0.29, 0.717) is 19.2 Å². The smallest absolute Gasteiger partial charge is 0.414 e. The van der Waals surface area contributed by atoms with Gasteiger partial charge in [0.15, 0.2) is 0 Å². The molecule has 1 saturated heterocycles. The summed E-state index contributed by atoms with van der Waals surface area (Å²) in [5, 5.41) is 3.50. The van der Waals surface area contributed by atoms with Crippen LogP contribution in [-0.4, -0.2) is 25.3 Å². The molecule has 1 aliphatic rings. The average molecular weight is 276 g/mol. The van der Waals surface area contributed by atoms with Crippen LogP contribution < -0.4 is 10.2 Å². The van der Waals surface area contributed by atoms with Crippen LogP contribution in [0.1, 0.15) is 39.5 Å².